The molecule has 46 heavy (non-hydrogen) atoms. The van der Waals surface area contributed by atoms with Crippen molar-refractivity contribution in [3.63, 3.8) is 0 Å². The topological polar surface area (TPSA) is 125 Å². The van der Waals surface area contributed by atoms with Gasteiger partial charge in [0.25, 0.3) is 5.91 Å². The number of morpholine rings is 1. The summed E-state index contributed by atoms with van der Waals surface area (Å²) in [6.45, 7) is 6.01. The smallest absolute Gasteiger partial charge is 0.323 e. The number of aromatic nitrogens is 2. The molecule has 1 aliphatic rings. The fraction of sp³-hybridized carbons (Fsp3) is 0.257. The molecule has 11 heteroatoms. The van der Waals surface area contributed by atoms with E-state index in [-0.39, 0.29) is 5.91 Å². The van der Waals surface area contributed by atoms with Gasteiger partial charge in [0.1, 0.15) is 17.3 Å². The average molecular weight is 620 g/mol. The van der Waals surface area contributed by atoms with Crippen molar-refractivity contribution in [3.05, 3.63) is 90.2 Å². The molecule has 0 spiro atoms. The van der Waals surface area contributed by atoms with Crippen LogP contribution in [0.15, 0.2) is 83.3 Å². The van der Waals surface area contributed by atoms with Crippen molar-refractivity contribution in [2.24, 2.45) is 0 Å². The number of hydrogen-bond donors (Lipinski definition) is 3. The lowest BCUT2D eigenvalue weighted by molar-refractivity contribution is 0.0951. The summed E-state index contributed by atoms with van der Waals surface area (Å²) in [5, 5.41) is 9.51. The van der Waals surface area contributed by atoms with Crippen molar-refractivity contribution in [1.29, 1.82) is 0 Å². The highest BCUT2D eigenvalue weighted by Crippen LogP contribution is 2.32. The Morgan fingerprint density at radius 2 is 1.52 bits per heavy atom. The van der Waals surface area contributed by atoms with E-state index in [9.17, 15) is 9.59 Å². The lowest BCUT2D eigenvalue weighted by atomic mass is 10.1. The Balaban J connectivity index is 1.16. The molecule has 0 bridgehead atoms. The maximum absolute atomic E-state index is 12.7. The molecular weight excluding hydrogens is 582 g/mol. The number of fused-ring (bicyclic) bond motifs is 1. The molecule has 0 atom stereocenters. The van der Waals surface area contributed by atoms with Crippen LogP contribution in [0.2, 0.25) is 0 Å². The number of hydrogen-bond acceptors (Lipinski definition) is 8. The third-order valence-electron chi connectivity index (χ3n) is 7.66. The third-order valence-corrected chi connectivity index (χ3v) is 7.66. The van der Waals surface area contributed by atoms with E-state index < -0.39 is 6.03 Å². The van der Waals surface area contributed by atoms with Crippen molar-refractivity contribution in [1.82, 2.24) is 20.2 Å². The molecule has 1 fully saturated rings. The number of furan rings is 1. The maximum atomic E-state index is 12.7. The number of nitrogens with one attached hydrogen (secondary N) is 3. The maximum Gasteiger partial charge on any atom is 0.323 e. The standard InChI is InChI=1S/C35H37N7O4/c1-23-4-15-31(46-23)26-9-14-29-30(22-26)39-32(40-33(29)42-18-20-45-21-19-42)24-5-10-27(11-6-24)37-35(44)38-28-12-7-25(8-13-28)34(43)36-16-17-41(2)3/h4-15,22H,16-21H2,1-3H3,(H,36,43)(H2,37,38,44). The van der Waals surface area contributed by atoms with E-state index in [1.807, 2.05) is 74.4 Å². The second-order valence-electron chi connectivity index (χ2n) is 11.4. The lowest BCUT2D eigenvalue weighted by Gasteiger charge is -2.29. The minimum absolute atomic E-state index is 0.154. The number of carbonyl (C=O) groups excluding carboxylic acids is 2. The zero-order chi connectivity index (χ0) is 32.0. The Bertz CT molecular complexity index is 1830. The van der Waals surface area contributed by atoms with Gasteiger partial charge < -0.3 is 34.9 Å². The summed E-state index contributed by atoms with van der Waals surface area (Å²) in [5.74, 6) is 2.94. The van der Waals surface area contributed by atoms with Crippen LogP contribution in [0, 0.1) is 6.92 Å². The van der Waals surface area contributed by atoms with Crippen molar-refractivity contribution < 1.29 is 18.7 Å². The molecule has 3 heterocycles. The quantitative estimate of drug-likeness (QED) is 0.194. The van der Waals surface area contributed by atoms with Crippen LogP contribution in [-0.2, 0) is 4.74 Å². The van der Waals surface area contributed by atoms with E-state index in [4.69, 9.17) is 19.1 Å². The Morgan fingerprint density at radius 3 is 2.17 bits per heavy atom. The molecule has 5 aromatic rings. The van der Waals surface area contributed by atoms with Gasteiger partial charge in [0.2, 0.25) is 0 Å². The minimum Gasteiger partial charge on any atom is -0.461 e. The molecule has 2 aromatic heterocycles. The second-order valence-corrected chi connectivity index (χ2v) is 11.4. The number of aryl methyl sites for hydroxylation is 1. The van der Waals surface area contributed by atoms with Gasteiger partial charge in [-0.25, -0.2) is 14.8 Å². The van der Waals surface area contributed by atoms with Gasteiger partial charge in [0.15, 0.2) is 5.82 Å². The Hall–Kier alpha value is -5.26. The van der Waals surface area contributed by atoms with E-state index in [1.54, 1.807) is 24.3 Å². The van der Waals surface area contributed by atoms with Gasteiger partial charge in [-0.05, 0) is 93.8 Å². The third kappa shape index (κ3) is 7.33. The second kappa shape index (κ2) is 13.8. The highest BCUT2D eigenvalue weighted by molar-refractivity contribution is 6.00. The molecule has 0 saturated carbocycles. The first-order valence-electron chi connectivity index (χ1n) is 15.2. The van der Waals surface area contributed by atoms with Gasteiger partial charge in [-0.3, -0.25) is 4.79 Å². The number of likely N-dealkylation sites (N-methyl/N-ethyl adjacent to an activating group) is 1. The normalized spacial score (nSPS) is 13.2. The fourth-order valence-corrected chi connectivity index (χ4v) is 5.20. The van der Waals surface area contributed by atoms with Crippen molar-refractivity contribution in [2.45, 2.75) is 6.92 Å². The molecule has 0 unspecified atom stereocenters. The van der Waals surface area contributed by atoms with Crippen LogP contribution >= 0.6 is 0 Å². The predicted octanol–water partition coefficient (Wildman–Crippen LogP) is 5.64. The summed E-state index contributed by atoms with van der Waals surface area (Å²) in [5.41, 5.74) is 4.30. The summed E-state index contributed by atoms with van der Waals surface area (Å²) in [6, 6.07) is 23.8. The zero-order valence-electron chi connectivity index (χ0n) is 26.2. The van der Waals surface area contributed by atoms with Crippen LogP contribution in [-0.4, -0.2) is 80.3 Å². The van der Waals surface area contributed by atoms with Crippen LogP contribution in [0.25, 0.3) is 33.6 Å². The minimum atomic E-state index is -0.395. The van der Waals surface area contributed by atoms with E-state index in [1.165, 1.54) is 0 Å². The van der Waals surface area contributed by atoms with Gasteiger partial charge in [-0.2, -0.15) is 0 Å². The highest BCUT2D eigenvalue weighted by Gasteiger charge is 2.19. The molecule has 3 N–H and O–H groups in total. The van der Waals surface area contributed by atoms with E-state index in [0.29, 0.717) is 42.5 Å². The predicted molar refractivity (Wildman–Crippen MR) is 180 cm³/mol. The molecule has 0 aliphatic carbocycles. The summed E-state index contributed by atoms with van der Waals surface area (Å²) in [7, 11) is 3.90. The average Bonchev–Trinajstić information content (AvgIpc) is 3.51. The Morgan fingerprint density at radius 1 is 0.848 bits per heavy atom. The van der Waals surface area contributed by atoms with Crippen molar-refractivity contribution in [3.8, 4) is 22.7 Å². The number of carbonyl (C=O) groups is 2. The van der Waals surface area contributed by atoms with Crippen LogP contribution in [0.1, 0.15) is 16.1 Å². The molecule has 6 rings (SSSR count). The molecule has 3 amide bonds. The molecule has 11 nitrogen and oxygen atoms in total. The molecule has 236 valence electrons. The molecule has 1 aliphatic heterocycles. The summed E-state index contributed by atoms with van der Waals surface area (Å²) >= 11 is 0. The molecule has 3 aromatic carbocycles. The Labute approximate surface area is 267 Å². The van der Waals surface area contributed by atoms with Gasteiger partial charge in [-0.1, -0.05) is 6.07 Å². The van der Waals surface area contributed by atoms with E-state index in [0.717, 1.165) is 59.0 Å². The first kappa shape index (κ1) is 30.8. The number of anilines is 3. The van der Waals surface area contributed by atoms with Gasteiger partial charge >= 0.3 is 6.03 Å². The number of benzene rings is 3. The van der Waals surface area contributed by atoms with E-state index in [2.05, 4.69) is 26.9 Å². The first-order valence-corrected chi connectivity index (χ1v) is 15.2. The molecular formula is C35H37N7O4. The SMILES string of the molecule is Cc1ccc(-c2ccc3c(N4CCOCC4)nc(-c4ccc(NC(=O)Nc5ccc(C(=O)NCCN(C)C)cc5)cc4)nc3c2)o1. The van der Waals surface area contributed by atoms with Gasteiger partial charge in [0.05, 0.1) is 18.7 Å². The van der Waals surface area contributed by atoms with Crippen LogP contribution < -0.4 is 20.9 Å². The molecule has 1 saturated heterocycles. The lowest BCUT2D eigenvalue weighted by Crippen LogP contribution is -2.37. The monoisotopic (exact) mass is 619 g/mol. The van der Waals surface area contributed by atoms with Gasteiger partial charge in [-0.15, -0.1) is 0 Å². The molecule has 0 radical (unpaired) electrons. The summed E-state index contributed by atoms with van der Waals surface area (Å²) in [4.78, 5) is 39.2. The van der Waals surface area contributed by atoms with Crippen LogP contribution in [0.5, 0.6) is 0 Å². The largest absolute Gasteiger partial charge is 0.461 e. The van der Waals surface area contributed by atoms with Crippen molar-refractivity contribution in [2.75, 3.05) is 69.0 Å². The number of urea groups is 1. The number of rotatable bonds is 9. The fourth-order valence-electron chi connectivity index (χ4n) is 5.20. The highest BCUT2D eigenvalue weighted by atomic mass is 16.5. The Kier molecular flexibility index (Phi) is 9.23. The summed E-state index contributed by atoms with van der Waals surface area (Å²) in [6.07, 6.45) is 0. The number of amides is 3. The van der Waals surface area contributed by atoms with Crippen molar-refractivity contribution >= 4 is 40.0 Å². The number of ether oxygens (including phenoxy) is 1. The van der Waals surface area contributed by atoms with Gasteiger partial charge in [0, 0.05) is 59.6 Å². The van der Waals surface area contributed by atoms with Crippen LogP contribution in [0.3, 0.4) is 0 Å². The zero-order valence-corrected chi connectivity index (χ0v) is 26.2. The van der Waals surface area contributed by atoms with E-state index >= 15 is 0 Å². The number of nitrogens with zero attached hydrogens (tertiary/aromatic N) is 4. The van der Waals surface area contributed by atoms with Crippen LogP contribution in [0.4, 0.5) is 22.0 Å². The first-order chi connectivity index (χ1) is 22.3. The summed E-state index contributed by atoms with van der Waals surface area (Å²) < 4.78 is 11.5.